The van der Waals surface area contributed by atoms with Crippen LogP contribution in [-0.2, 0) is 6.42 Å². The monoisotopic (exact) mass is 182 g/mol. The maximum Gasteiger partial charge on any atom is 0.371 e. The van der Waals surface area contributed by atoms with E-state index in [4.69, 9.17) is 9.52 Å². The number of hydrogen-bond donors (Lipinski definition) is 1. The Morgan fingerprint density at radius 3 is 2.46 bits per heavy atom. The van der Waals surface area contributed by atoms with Crippen LogP contribution in [0.1, 0.15) is 37.1 Å². The number of carbonyl (C=O) groups is 1. The van der Waals surface area contributed by atoms with Gasteiger partial charge >= 0.3 is 5.97 Å². The summed E-state index contributed by atoms with van der Waals surface area (Å²) in [6, 6.07) is 3.21. The zero-order chi connectivity index (χ0) is 10.1. The van der Waals surface area contributed by atoms with Crippen LogP contribution in [0.3, 0.4) is 0 Å². The lowest BCUT2D eigenvalue weighted by molar-refractivity contribution is 0.0659. The Balaban J connectivity index is 2.75. The Hall–Kier alpha value is -1.25. The van der Waals surface area contributed by atoms with E-state index in [1.807, 2.05) is 0 Å². The molecule has 0 radical (unpaired) electrons. The SMILES string of the molecule is CC(C)(C)Cc1ccc(C(=O)O)o1. The summed E-state index contributed by atoms with van der Waals surface area (Å²) >= 11 is 0. The van der Waals surface area contributed by atoms with E-state index in [-0.39, 0.29) is 11.2 Å². The van der Waals surface area contributed by atoms with Crippen molar-refractivity contribution in [3.8, 4) is 0 Å². The predicted octanol–water partition coefficient (Wildman–Crippen LogP) is 2.57. The number of hydrogen-bond acceptors (Lipinski definition) is 2. The highest BCUT2D eigenvalue weighted by atomic mass is 16.4. The van der Waals surface area contributed by atoms with Crippen LogP contribution in [0, 0.1) is 5.41 Å². The quantitative estimate of drug-likeness (QED) is 0.764. The minimum atomic E-state index is -1.01. The van der Waals surface area contributed by atoms with Crippen LogP contribution in [0.4, 0.5) is 0 Å². The topological polar surface area (TPSA) is 50.4 Å². The fourth-order valence-electron chi connectivity index (χ4n) is 1.11. The summed E-state index contributed by atoms with van der Waals surface area (Å²) in [4.78, 5) is 10.5. The molecule has 0 aliphatic carbocycles. The molecule has 1 heterocycles. The van der Waals surface area contributed by atoms with Crippen molar-refractivity contribution < 1.29 is 14.3 Å². The molecular formula is C10H14O3. The first-order valence-electron chi connectivity index (χ1n) is 4.20. The smallest absolute Gasteiger partial charge is 0.371 e. The lowest BCUT2D eigenvalue weighted by atomic mass is 9.91. The van der Waals surface area contributed by atoms with Gasteiger partial charge in [-0.05, 0) is 17.5 Å². The first-order valence-corrected chi connectivity index (χ1v) is 4.20. The average Bonchev–Trinajstić information content (AvgIpc) is 2.31. The van der Waals surface area contributed by atoms with Crippen molar-refractivity contribution in [2.24, 2.45) is 5.41 Å². The van der Waals surface area contributed by atoms with Gasteiger partial charge in [-0.2, -0.15) is 0 Å². The predicted molar refractivity (Wildman–Crippen MR) is 48.8 cm³/mol. The summed E-state index contributed by atoms with van der Waals surface area (Å²) in [5.41, 5.74) is 0.119. The summed E-state index contributed by atoms with van der Waals surface area (Å²) in [5.74, 6) is -0.274. The van der Waals surface area contributed by atoms with Gasteiger partial charge in [0.2, 0.25) is 5.76 Å². The largest absolute Gasteiger partial charge is 0.475 e. The lowest BCUT2D eigenvalue weighted by Crippen LogP contribution is -2.08. The second kappa shape index (κ2) is 3.24. The van der Waals surface area contributed by atoms with E-state index < -0.39 is 5.97 Å². The molecule has 0 saturated carbocycles. The first kappa shape index (κ1) is 9.84. The fraction of sp³-hybridized carbons (Fsp3) is 0.500. The third kappa shape index (κ3) is 2.93. The highest BCUT2D eigenvalue weighted by Crippen LogP contribution is 2.21. The Morgan fingerprint density at radius 2 is 2.08 bits per heavy atom. The second-order valence-electron chi connectivity index (χ2n) is 4.31. The van der Waals surface area contributed by atoms with Gasteiger partial charge in [0.05, 0.1) is 0 Å². The van der Waals surface area contributed by atoms with E-state index in [1.54, 1.807) is 6.07 Å². The highest BCUT2D eigenvalue weighted by molar-refractivity contribution is 5.84. The summed E-state index contributed by atoms with van der Waals surface area (Å²) in [6.07, 6.45) is 0.750. The Labute approximate surface area is 77.4 Å². The van der Waals surface area contributed by atoms with Crippen molar-refractivity contribution in [3.63, 3.8) is 0 Å². The van der Waals surface area contributed by atoms with Crippen molar-refractivity contribution >= 4 is 5.97 Å². The number of furan rings is 1. The van der Waals surface area contributed by atoms with Gasteiger partial charge in [0.1, 0.15) is 5.76 Å². The van der Waals surface area contributed by atoms with Crippen LogP contribution in [-0.4, -0.2) is 11.1 Å². The van der Waals surface area contributed by atoms with Crippen molar-refractivity contribution in [1.29, 1.82) is 0 Å². The molecule has 1 aromatic heterocycles. The van der Waals surface area contributed by atoms with Gasteiger partial charge in [0, 0.05) is 6.42 Å². The van der Waals surface area contributed by atoms with E-state index in [1.165, 1.54) is 6.07 Å². The summed E-state index contributed by atoms with van der Waals surface area (Å²) in [6.45, 7) is 6.24. The molecule has 0 fully saturated rings. The molecule has 0 unspecified atom stereocenters. The second-order valence-corrected chi connectivity index (χ2v) is 4.31. The molecule has 0 aliphatic rings. The molecule has 0 bridgehead atoms. The maximum absolute atomic E-state index is 10.5. The minimum Gasteiger partial charge on any atom is -0.475 e. The molecule has 13 heavy (non-hydrogen) atoms. The summed E-state index contributed by atoms with van der Waals surface area (Å²) in [7, 11) is 0. The maximum atomic E-state index is 10.5. The van der Waals surface area contributed by atoms with Gasteiger partial charge in [0.15, 0.2) is 0 Å². The van der Waals surface area contributed by atoms with Crippen LogP contribution in [0.15, 0.2) is 16.5 Å². The van der Waals surface area contributed by atoms with E-state index in [0.717, 1.165) is 12.2 Å². The van der Waals surface area contributed by atoms with E-state index >= 15 is 0 Å². The zero-order valence-corrected chi connectivity index (χ0v) is 8.13. The fourth-order valence-corrected chi connectivity index (χ4v) is 1.11. The van der Waals surface area contributed by atoms with Crippen molar-refractivity contribution in [1.82, 2.24) is 0 Å². The van der Waals surface area contributed by atoms with Crippen LogP contribution in [0.2, 0.25) is 0 Å². The molecule has 72 valence electrons. The molecule has 0 amide bonds. The molecular weight excluding hydrogens is 168 g/mol. The summed E-state index contributed by atoms with van der Waals surface area (Å²) in [5, 5.41) is 8.60. The molecule has 0 spiro atoms. The zero-order valence-electron chi connectivity index (χ0n) is 8.13. The molecule has 0 aromatic carbocycles. The molecule has 1 rings (SSSR count). The van der Waals surface area contributed by atoms with Crippen LogP contribution >= 0.6 is 0 Å². The molecule has 3 heteroatoms. The molecule has 0 atom stereocenters. The standard InChI is InChI=1S/C10H14O3/c1-10(2,3)6-7-4-5-8(13-7)9(11)12/h4-5H,6H2,1-3H3,(H,11,12). The average molecular weight is 182 g/mol. The van der Waals surface area contributed by atoms with E-state index in [2.05, 4.69) is 20.8 Å². The lowest BCUT2D eigenvalue weighted by Gasteiger charge is -2.15. The molecule has 0 saturated heterocycles. The third-order valence-corrected chi connectivity index (χ3v) is 1.58. The number of rotatable bonds is 2. The Bertz CT molecular complexity index is 304. The van der Waals surface area contributed by atoms with Crippen LogP contribution in [0.5, 0.6) is 0 Å². The molecule has 1 N–H and O–H groups in total. The van der Waals surface area contributed by atoms with Gasteiger partial charge < -0.3 is 9.52 Å². The number of aromatic carboxylic acids is 1. The Kier molecular flexibility index (Phi) is 2.45. The van der Waals surface area contributed by atoms with Crippen LogP contribution in [0.25, 0.3) is 0 Å². The summed E-state index contributed by atoms with van der Waals surface area (Å²) < 4.78 is 5.12. The van der Waals surface area contributed by atoms with E-state index in [9.17, 15) is 4.79 Å². The van der Waals surface area contributed by atoms with Gasteiger partial charge in [-0.15, -0.1) is 0 Å². The van der Waals surface area contributed by atoms with Gasteiger partial charge in [-0.1, -0.05) is 20.8 Å². The molecule has 0 aliphatic heterocycles. The van der Waals surface area contributed by atoms with Crippen molar-refractivity contribution in [2.45, 2.75) is 27.2 Å². The molecule has 1 aromatic rings. The van der Waals surface area contributed by atoms with Crippen molar-refractivity contribution in [2.75, 3.05) is 0 Å². The van der Waals surface area contributed by atoms with E-state index in [0.29, 0.717) is 0 Å². The Morgan fingerprint density at radius 1 is 1.46 bits per heavy atom. The van der Waals surface area contributed by atoms with Gasteiger partial charge in [0.25, 0.3) is 0 Å². The van der Waals surface area contributed by atoms with Crippen LogP contribution < -0.4 is 0 Å². The van der Waals surface area contributed by atoms with Gasteiger partial charge in [-0.25, -0.2) is 4.79 Å². The highest BCUT2D eigenvalue weighted by Gasteiger charge is 2.15. The number of carboxylic acids is 1. The van der Waals surface area contributed by atoms with Gasteiger partial charge in [-0.3, -0.25) is 0 Å². The normalized spacial score (nSPS) is 11.6. The minimum absolute atomic E-state index is 0.0132. The molecule has 3 nitrogen and oxygen atoms in total. The van der Waals surface area contributed by atoms with Crippen molar-refractivity contribution in [3.05, 3.63) is 23.7 Å². The number of carboxylic acid groups (broad SMARTS) is 1. The third-order valence-electron chi connectivity index (χ3n) is 1.58. The first-order chi connectivity index (χ1) is 5.88.